The Bertz CT molecular complexity index is 2050. The van der Waals surface area contributed by atoms with Crippen molar-refractivity contribution in [2.75, 3.05) is 50.9 Å². The Kier molecular flexibility index (Phi) is 12.5. The van der Waals surface area contributed by atoms with Crippen LogP contribution in [-0.2, 0) is 16.1 Å². The van der Waals surface area contributed by atoms with Crippen LogP contribution in [0.4, 0.5) is 10.1 Å². The van der Waals surface area contributed by atoms with E-state index in [9.17, 15) is 14.0 Å². The predicted octanol–water partition coefficient (Wildman–Crippen LogP) is 5.11. The van der Waals surface area contributed by atoms with E-state index in [0.717, 1.165) is 58.5 Å². The number of aliphatic hydroxyl groups is 1. The topological polar surface area (TPSA) is 154 Å². The van der Waals surface area contributed by atoms with Crippen LogP contribution >= 0.6 is 11.8 Å². The number of rotatable bonds is 12. The maximum Gasteiger partial charge on any atom is 0.237 e. The molecule has 0 radical (unpaired) electrons. The molecule has 0 spiro atoms. The van der Waals surface area contributed by atoms with Gasteiger partial charge in [0.15, 0.2) is 5.82 Å². The van der Waals surface area contributed by atoms with E-state index >= 15 is 0 Å². The second-order valence-corrected chi connectivity index (χ2v) is 14.2. The van der Waals surface area contributed by atoms with Crippen LogP contribution in [0.1, 0.15) is 32.3 Å². The molecular weight excluding hydrogens is 698 g/mol. The molecule has 3 aromatic heterocycles. The van der Waals surface area contributed by atoms with Gasteiger partial charge in [-0.15, -0.1) is 0 Å². The minimum absolute atomic E-state index is 0.0474. The lowest BCUT2D eigenvalue weighted by Crippen LogP contribution is -2.41. The van der Waals surface area contributed by atoms with E-state index in [2.05, 4.69) is 41.7 Å². The average molecular weight is 742 g/mol. The second-order valence-electron chi connectivity index (χ2n) is 13.1. The molecule has 7 rings (SSSR count). The van der Waals surface area contributed by atoms with Gasteiger partial charge in [-0.05, 0) is 87.0 Å². The van der Waals surface area contributed by atoms with Gasteiger partial charge in [0, 0.05) is 53.8 Å². The van der Waals surface area contributed by atoms with E-state index in [0.29, 0.717) is 61.5 Å². The zero-order chi connectivity index (χ0) is 37.3. The van der Waals surface area contributed by atoms with E-state index in [-0.39, 0.29) is 24.4 Å². The molecule has 53 heavy (non-hydrogen) atoms. The fourth-order valence-corrected chi connectivity index (χ4v) is 7.03. The molecule has 3 N–H and O–H groups in total. The number of amides is 2. The highest BCUT2D eigenvalue weighted by atomic mass is 32.2. The van der Waals surface area contributed by atoms with Crippen LogP contribution in [0.3, 0.4) is 0 Å². The number of aromatic nitrogens is 6. The van der Waals surface area contributed by atoms with E-state index in [1.807, 2.05) is 73.0 Å². The molecule has 0 bridgehead atoms. The smallest absolute Gasteiger partial charge is 0.237 e. The van der Waals surface area contributed by atoms with Crippen LogP contribution < -0.4 is 10.1 Å². The highest BCUT2D eigenvalue weighted by Crippen LogP contribution is 2.30. The van der Waals surface area contributed by atoms with Gasteiger partial charge >= 0.3 is 0 Å². The summed E-state index contributed by atoms with van der Waals surface area (Å²) in [6, 6.07) is 14.4. The molecule has 5 aromatic rings. The van der Waals surface area contributed by atoms with Crippen LogP contribution in [0.15, 0.2) is 67.1 Å². The molecule has 2 amide bonds. The number of halogens is 1. The van der Waals surface area contributed by atoms with E-state index in [1.54, 1.807) is 12.3 Å². The number of nitrogens with one attached hydrogen (secondary N) is 2. The Morgan fingerprint density at radius 3 is 2.68 bits per heavy atom. The molecule has 278 valence electrons. The van der Waals surface area contributed by atoms with Gasteiger partial charge in [0.05, 0.1) is 36.9 Å². The van der Waals surface area contributed by atoms with Crippen molar-refractivity contribution in [1.82, 2.24) is 39.7 Å². The lowest BCUT2D eigenvalue weighted by Gasteiger charge is -2.28. The summed E-state index contributed by atoms with van der Waals surface area (Å²) in [6.07, 6.45) is 9.96. The minimum atomic E-state index is -0.379. The number of carbonyl (C=O) groups is 2. The number of thioether (sulfide) groups is 1. The van der Waals surface area contributed by atoms with Crippen molar-refractivity contribution in [2.24, 2.45) is 0 Å². The van der Waals surface area contributed by atoms with Gasteiger partial charge in [-0.1, -0.05) is 12.1 Å². The number of hydrogen-bond donors (Lipinski definition) is 3. The quantitative estimate of drug-likeness (QED) is 0.147. The Morgan fingerprint density at radius 1 is 1.15 bits per heavy atom. The van der Waals surface area contributed by atoms with E-state index in [1.165, 1.54) is 17.1 Å². The van der Waals surface area contributed by atoms with Crippen molar-refractivity contribution >= 4 is 46.2 Å². The standard InChI is InChI=1S/C22H28FN5O2S.C16H16N4O2/c1-31-18-6-7-26(13-18)14-21(30)27-8-4-16(5-9-27)17-2-3-19(20(23)12-17)22-24-15-28(25-22)10-11-29;1-10(2)22-15-6-3-11(8-17-15)16-13-7-12(18-9-21)4-5-14(13)19-20-16/h2-4,12,15,18,29H,5-11,13-14H2,1H3;3-10H,1-2H3,(H,18,21)(H,19,20)/t18-;/m0./s1. The summed E-state index contributed by atoms with van der Waals surface area (Å²) in [4.78, 5) is 35.8. The van der Waals surface area contributed by atoms with Gasteiger partial charge in [0.1, 0.15) is 17.8 Å². The molecule has 0 saturated carbocycles. The first-order chi connectivity index (χ1) is 25.7. The van der Waals surface area contributed by atoms with Crippen LogP contribution in [0, 0.1) is 5.82 Å². The number of aromatic amines is 1. The zero-order valence-corrected chi connectivity index (χ0v) is 30.9. The number of anilines is 1. The average Bonchev–Trinajstić information content (AvgIpc) is 3.93. The minimum Gasteiger partial charge on any atom is -0.475 e. The van der Waals surface area contributed by atoms with Crippen molar-refractivity contribution in [3.63, 3.8) is 0 Å². The predicted molar refractivity (Wildman–Crippen MR) is 205 cm³/mol. The molecule has 1 atom stereocenters. The summed E-state index contributed by atoms with van der Waals surface area (Å²) >= 11 is 1.87. The molecule has 2 aromatic carbocycles. The third-order valence-corrected chi connectivity index (χ3v) is 10.1. The number of benzene rings is 2. The molecule has 0 unspecified atom stereocenters. The Labute approximate surface area is 311 Å². The van der Waals surface area contributed by atoms with Crippen LogP contribution in [0.25, 0.3) is 39.1 Å². The molecule has 0 aliphatic carbocycles. The van der Waals surface area contributed by atoms with Gasteiger partial charge < -0.3 is 20.1 Å². The Morgan fingerprint density at radius 2 is 2.00 bits per heavy atom. The molecule has 13 nitrogen and oxygen atoms in total. The monoisotopic (exact) mass is 741 g/mol. The normalized spacial score (nSPS) is 16.0. The number of carbonyl (C=O) groups excluding carboxylic acids is 2. The number of ether oxygens (including phenoxy) is 1. The first-order valence-corrected chi connectivity index (χ1v) is 18.9. The molecular formula is C38H44FN9O4S. The molecule has 5 heterocycles. The molecule has 15 heteroatoms. The number of pyridine rings is 1. The van der Waals surface area contributed by atoms with Gasteiger partial charge in [-0.3, -0.25) is 24.3 Å². The van der Waals surface area contributed by atoms with Gasteiger partial charge in [-0.2, -0.15) is 22.0 Å². The zero-order valence-electron chi connectivity index (χ0n) is 30.0. The van der Waals surface area contributed by atoms with E-state index < -0.39 is 0 Å². The maximum atomic E-state index is 14.7. The van der Waals surface area contributed by atoms with Crippen molar-refractivity contribution in [3.05, 3.63) is 78.5 Å². The summed E-state index contributed by atoms with van der Waals surface area (Å²) in [7, 11) is 0. The second kappa shape index (κ2) is 17.6. The van der Waals surface area contributed by atoms with Gasteiger partial charge in [0.2, 0.25) is 18.2 Å². The molecule has 2 aliphatic heterocycles. The van der Waals surface area contributed by atoms with Crippen LogP contribution in [0.2, 0.25) is 0 Å². The third-order valence-electron chi connectivity index (χ3n) is 9.08. The summed E-state index contributed by atoms with van der Waals surface area (Å²) in [5.41, 5.74) is 5.50. The number of H-pyrrole nitrogens is 1. The summed E-state index contributed by atoms with van der Waals surface area (Å²) in [5.74, 6) is 0.679. The highest BCUT2D eigenvalue weighted by Gasteiger charge is 2.26. The summed E-state index contributed by atoms with van der Waals surface area (Å²) in [5, 5.41) is 24.7. The van der Waals surface area contributed by atoms with Gasteiger partial charge in [0.25, 0.3) is 0 Å². The Balaban J connectivity index is 0.000000192. The van der Waals surface area contributed by atoms with Gasteiger partial charge in [-0.25, -0.2) is 14.4 Å². The van der Waals surface area contributed by atoms with Crippen molar-refractivity contribution in [1.29, 1.82) is 0 Å². The number of fused-ring (bicyclic) bond motifs is 1. The first kappa shape index (κ1) is 37.6. The Hall–Kier alpha value is -5.12. The van der Waals surface area contributed by atoms with Crippen LogP contribution in [-0.4, -0.2) is 114 Å². The fourth-order valence-electron chi connectivity index (χ4n) is 6.33. The number of likely N-dealkylation sites (tertiary alicyclic amines) is 1. The fraction of sp³-hybridized carbons (Fsp3) is 0.368. The molecule has 1 saturated heterocycles. The molecule has 1 fully saturated rings. The highest BCUT2D eigenvalue weighted by molar-refractivity contribution is 7.99. The summed E-state index contributed by atoms with van der Waals surface area (Å²) < 4.78 is 21.8. The maximum absolute atomic E-state index is 14.7. The lowest BCUT2D eigenvalue weighted by molar-refractivity contribution is -0.131. The third kappa shape index (κ3) is 9.47. The van der Waals surface area contributed by atoms with Crippen molar-refractivity contribution in [3.8, 4) is 28.5 Å². The lowest BCUT2D eigenvalue weighted by atomic mass is 9.98. The number of hydrogen-bond acceptors (Lipinski definition) is 10. The largest absolute Gasteiger partial charge is 0.475 e. The van der Waals surface area contributed by atoms with Crippen molar-refractivity contribution in [2.45, 2.75) is 44.6 Å². The number of nitrogens with zero attached hydrogens (tertiary/aromatic N) is 7. The van der Waals surface area contributed by atoms with E-state index in [4.69, 9.17) is 9.84 Å². The van der Waals surface area contributed by atoms with Crippen molar-refractivity contribution < 1.29 is 23.8 Å². The SMILES string of the molecule is CC(C)Oc1ccc(-c2n[nH]c3ccc(NC=O)cc23)cn1.CS[C@H]1CCN(CC(=O)N2CC=C(c3ccc(-c4ncn(CCO)n4)c(F)c3)CC2)C1. The first-order valence-electron chi connectivity index (χ1n) is 17.6. The summed E-state index contributed by atoms with van der Waals surface area (Å²) in [6.45, 7) is 7.87. The molecule has 2 aliphatic rings. The number of aliphatic hydroxyl groups excluding tert-OH is 1. The van der Waals surface area contributed by atoms with Crippen LogP contribution in [0.5, 0.6) is 5.88 Å².